The van der Waals surface area contributed by atoms with Crippen molar-refractivity contribution in [3.8, 4) is 0 Å². The van der Waals surface area contributed by atoms with Crippen LogP contribution in [0.4, 0.5) is 11.4 Å². The Hall–Kier alpha value is -0.890. The Bertz CT molecular complexity index is 311. The van der Waals surface area contributed by atoms with Gasteiger partial charge in [-0.2, -0.15) is 0 Å². The number of nitrogens with two attached hydrogens (primary N) is 1. The van der Waals surface area contributed by atoms with Crippen LogP contribution in [-0.2, 0) is 0 Å². The standard InChI is InChI=1S/C12H20N2.ClH/c1-4-5-8-14-12-9(2)6-7-11(13)10(12)3;/h6-7,14H,4-5,8,13H2,1-3H3;1H. The van der Waals surface area contributed by atoms with Crippen LogP contribution in [0, 0.1) is 13.8 Å². The number of halogens is 1. The minimum Gasteiger partial charge on any atom is -0.398 e. The van der Waals surface area contributed by atoms with Crippen LogP contribution in [0.1, 0.15) is 30.9 Å². The monoisotopic (exact) mass is 228 g/mol. The van der Waals surface area contributed by atoms with Gasteiger partial charge in [-0.1, -0.05) is 19.4 Å². The highest BCUT2D eigenvalue weighted by Crippen LogP contribution is 2.24. The summed E-state index contributed by atoms with van der Waals surface area (Å²) in [6, 6.07) is 4.03. The zero-order valence-corrected chi connectivity index (χ0v) is 10.6. The lowest BCUT2D eigenvalue weighted by atomic mass is 10.1. The molecule has 0 aromatic heterocycles. The van der Waals surface area contributed by atoms with Gasteiger partial charge in [0.1, 0.15) is 0 Å². The summed E-state index contributed by atoms with van der Waals surface area (Å²) in [5, 5.41) is 3.44. The lowest BCUT2D eigenvalue weighted by molar-refractivity contribution is 0.833. The molecule has 0 aliphatic heterocycles. The predicted octanol–water partition coefficient (Wildman–Crippen LogP) is 3.52. The van der Waals surface area contributed by atoms with Crippen LogP contribution in [0.2, 0.25) is 0 Å². The number of nitrogen functional groups attached to an aromatic ring is 1. The Morgan fingerprint density at radius 1 is 1.27 bits per heavy atom. The van der Waals surface area contributed by atoms with Gasteiger partial charge in [0.15, 0.2) is 0 Å². The molecule has 0 bridgehead atoms. The smallest absolute Gasteiger partial charge is 0.0420 e. The maximum Gasteiger partial charge on any atom is 0.0420 e. The summed E-state index contributed by atoms with van der Waals surface area (Å²) in [5.74, 6) is 0. The van der Waals surface area contributed by atoms with E-state index in [9.17, 15) is 0 Å². The van der Waals surface area contributed by atoms with Crippen molar-refractivity contribution in [3.63, 3.8) is 0 Å². The number of anilines is 2. The summed E-state index contributed by atoms with van der Waals surface area (Å²) in [7, 11) is 0. The van der Waals surface area contributed by atoms with Crippen molar-refractivity contribution in [1.82, 2.24) is 0 Å². The quantitative estimate of drug-likeness (QED) is 0.611. The van der Waals surface area contributed by atoms with Gasteiger partial charge in [-0.15, -0.1) is 12.4 Å². The highest BCUT2D eigenvalue weighted by atomic mass is 35.5. The fraction of sp³-hybridized carbons (Fsp3) is 0.500. The maximum atomic E-state index is 5.85. The summed E-state index contributed by atoms with van der Waals surface area (Å²) in [6.45, 7) is 7.40. The van der Waals surface area contributed by atoms with Gasteiger partial charge >= 0.3 is 0 Å². The van der Waals surface area contributed by atoms with Crippen molar-refractivity contribution in [3.05, 3.63) is 23.3 Å². The molecule has 0 saturated heterocycles. The molecule has 1 aromatic rings. The van der Waals surface area contributed by atoms with Crippen molar-refractivity contribution in [2.45, 2.75) is 33.6 Å². The molecule has 0 atom stereocenters. The third-order valence-electron chi connectivity index (χ3n) is 2.55. The third-order valence-corrected chi connectivity index (χ3v) is 2.55. The highest BCUT2D eigenvalue weighted by Gasteiger charge is 2.03. The molecule has 1 aromatic carbocycles. The van der Waals surface area contributed by atoms with Crippen molar-refractivity contribution in [2.24, 2.45) is 0 Å². The third kappa shape index (κ3) is 3.63. The SMILES string of the molecule is CCCCNc1c(C)ccc(N)c1C.Cl. The summed E-state index contributed by atoms with van der Waals surface area (Å²) in [5.41, 5.74) is 10.4. The van der Waals surface area contributed by atoms with E-state index in [4.69, 9.17) is 5.73 Å². The molecule has 15 heavy (non-hydrogen) atoms. The minimum atomic E-state index is 0. The van der Waals surface area contributed by atoms with Gasteiger partial charge in [-0.3, -0.25) is 0 Å². The maximum absolute atomic E-state index is 5.85. The number of aryl methyl sites for hydroxylation is 1. The van der Waals surface area contributed by atoms with E-state index in [1.54, 1.807) is 0 Å². The topological polar surface area (TPSA) is 38.0 Å². The average Bonchev–Trinajstić information content (AvgIpc) is 2.18. The van der Waals surface area contributed by atoms with Crippen LogP contribution in [0.3, 0.4) is 0 Å². The summed E-state index contributed by atoms with van der Waals surface area (Å²) in [6.07, 6.45) is 2.42. The normalized spacial score (nSPS) is 9.53. The molecular formula is C12H21ClN2. The van der Waals surface area contributed by atoms with E-state index in [2.05, 4.69) is 32.2 Å². The first-order valence-electron chi connectivity index (χ1n) is 5.26. The van der Waals surface area contributed by atoms with Crippen LogP contribution in [0.15, 0.2) is 12.1 Å². The Morgan fingerprint density at radius 3 is 2.53 bits per heavy atom. The Labute approximate surface area is 98.7 Å². The largest absolute Gasteiger partial charge is 0.398 e. The van der Waals surface area contributed by atoms with Gasteiger partial charge in [0.2, 0.25) is 0 Å². The van der Waals surface area contributed by atoms with E-state index in [1.807, 2.05) is 6.07 Å². The number of nitrogens with one attached hydrogen (secondary N) is 1. The molecule has 0 heterocycles. The molecular weight excluding hydrogens is 208 g/mol. The predicted molar refractivity (Wildman–Crippen MR) is 71.0 cm³/mol. The van der Waals surface area contributed by atoms with Crippen molar-refractivity contribution < 1.29 is 0 Å². The highest BCUT2D eigenvalue weighted by molar-refractivity contribution is 5.85. The molecule has 2 nitrogen and oxygen atoms in total. The molecule has 0 amide bonds. The molecule has 0 spiro atoms. The molecule has 0 aliphatic rings. The Kier molecular flexibility index (Phi) is 6.18. The Balaban J connectivity index is 0.00000196. The number of hydrogen-bond acceptors (Lipinski definition) is 2. The van der Waals surface area contributed by atoms with Gasteiger partial charge in [0, 0.05) is 17.9 Å². The van der Waals surface area contributed by atoms with Crippen molar-refractivity contribution in [1.29, 1.82) is 0 Å². The van der Waals surface area contributed by atoms with Gasteiger partial charge in [0.25, 0.3) is 0 Å². The molecule has 0 saturated carbocycles. The number of rotatable bonds is 4. The molecule has 0 fully saturated rings. The fourth-order valence-electron chi connectivity index (χ4n) is 1.53. The number of benzene rings is 1. The van der Waals surface area contributed by atoms with Crippen molar-refractivity contribution >= 4 is 23.8 Å². The van der Waals surface area contributed by atoms with E-state index in [1.165, 1.54) is 29.7 Å². The van der Waals surface area contributed by atoms with Crippen LogP contribution < -0.4 is 11.1 Å². The first-order chi connectivity index (χ1) is 6.66. The van der Waals surface area contributed by atoms with E-state index in [-0.39, 0.29) is 12.4 Å². The second-order valence-corrected chi connectivity index (χ2v) is 3.75. The lowest BCUT2D eigenvalue weighted by Gasteiger charge is -2.13. The fourth-order valence-corrected chi connectivity index (χ4v) is 1.53. The van der Waals surface area contributed by atoms with Crippen LogP contribution in [-0.4, -0.2) is 6.54 Å². The Morgan fingerprint density at radius 2 is 1.93 bits per heavy atom. The van der Waals surface area contributed by atoms with Crippen molar-refractivity contribution in [2.75, 3.05) is 17.6 Å². The number of unbranched alkanes of at least 4 members (excludes halogenated alkanes) is 1. The van der Waals surface area contributed by atoms with Gasteiger partial charge in [-0.05, 0) is 37.5 Å². The van der Waals surface area contributed by atoms with E-state index in [0.29, 0.717) is 0 Å². The summed E-state index contributed by atoms with van der Waals surface area (Å²) < 4.78 is 0. The van der Waals surface area contributed by atoms with Gasteiger partial charge in [-0.25, -0.2) is 0 Å². The first-order valence-corrected chi connectivity index (χ1v) is 5.26. The molecule has 0 radical (unpaired) electrons. The molecule has 1 rings (SSSR count). The molecule has 0 unspecified atom stereocenters. The van der Waals surface area contributed by atoms with E-state index < -0.39 is 0 Å². The zero-order valence-electron chi connectivity index (χ0n) is 9.76. The van der Waals surface area contributed by atoms with Gasteiger partial charge in [0.05, 0.1) is 0 Å². The lowest BCUT2D eigenvalue weighted by Crippen LogP contribution is -2.05. The molecule has 0 aliphatic carbocycles. The first kappa shape index (κ1) is 14.1. The zero-order chi connectivity index (χ0) is 10.6. The molecule has 86 valence electrons. The molecule has 3 heteroatoms. The van der Waals surface area contributed by atoms with Crippen LogP contribution in [0.5, 0.6) is 0 Å². The van der Waals surface area contributed by atoms with Crippen LogP contribution in [0.25, 0.3) is 0 Å². The van der Waals surface area contributed by atoms with E-state index >= 15 is 0 Å². The van der Waals surface area contributed by atoms with E-state index in [0.717, 1.165) is 12.2 Å². The second kappa shape index (κ2) is 6.57. The summed E-state index contributed by atoms with van der Waals surface area (Å²) >= 11 is 0. The average molecular weight is 229 g/mol. The second-order valence-electron chi connectivity index (χ2n) is 3.75. The molecule has 3 N–H and O–H groups in total. The van der Waals surface area contributed by atoms with Gasteiger partial charge < -0.3 is 11.1 Å². The minimum absolute atomic E-state index is 0. The van der Waals surface area contributed by atoms with Crippen LogP contribution >= 0.6 is 12.4 Å². The summed E-state index contributed by atoms with van der Waals surface area (Å²) in [4.78, 5) is 0. The number of hydrogen-bond donors (Lipinski definition) is 2.